The first-order valence-corrected chi connectivity index (χ1v) is 10.7. The quantitative estimate of drug-likeness (QED) is 0.385. The number of nitrogens with zero attached hydrogens (tertiary/aromatic N) is 2. The van der Waals surface area contributed by atoms with Gasteiger partial charge in [0, 0.05) is 17.7 Å². The molecule has 0 aliphatic carbocycles. The predicted octanol–water partition coefficient (Wildman–Crippen LogP) is 6.28. The van der Waals surface area contributed by atoms with Gasteiger partial charge in [-0.2, -0.15) is 0 Å². The Morgan fingerprint density at radius 1 is 1.00 bits per heavy atom. The molecule has 0 radical (unpaired) electrons. The summed E-state index contributed by atoms with van der Waals surface area (Å²) in [5.41, 5.74) is 2.70. The molecule has 0 saturated heterocycles. The molecule has 1 heterocycles. The van der Waals surface area contributed by atoms with Crippen LogP contribution in [0.1, 0.15) is 51.5 Å². The van der Waals surface area contributed by atoms with E-state index in [9.17, 15) is 0 Å². The molecule has 2 aromatic carbocycles. The molecule has 154 valence electrons. The molecule has 4 nitrogen and oxygen atoms in total. The fraction of sp³-hybridized carbons (Fsp3) is 0.400. The van der Waals surface area contributed by atoms with Crippen LogP contribution in [0.25, 0.3) is 23.3 Å². The zero-order chi connectivity index (χ0) is 20.5. The van der Waals surface area contributed by atoms with Crippen molar-refractivity contribution in [3.05, 3.63) is 60.0 Å². The van der Waals surface area contributed by atoms with Gasteiger partial charge >= 0.3 is 0 Å². The Balaban J connectivity index is 1.61. The predicted molar refractivity (Wildman–Crippen MR) is 121 cm³/mol. The van der Waals surface area contributed by atoms with Crippen LogP contribution in [-0.2, 0) is 0 Å². The molecule has 0 aliphatic heterocycles. The summed E-state index contributed by atoms with van der Waals surface area (Å²) in [6, 6.07) is 16.4. The van der Waals surface area contributed by atoms with Gasteiger partial charge in [-0.1, -0.05) is 44.2 Å². The van der Waals surface area contributed by atoms with E-state index in [0.717, 1.165) is 41.9 Å². The lowest BCUT2D eigenvalue weighted by molar-refractivity contribution is 0.174. The summed E-state index contributed by atoms with van der Waals surface area (Å²) >= 11 is 0. The zero-order valence-electron chi connectivity index (χ0n) is 17.8. The van der Waals surface area contributed by atoms with Gasteiger partial charge in [-0.3, -0.25) is 0 Å². The van der Waals surface area contributed by atoms with Gasteiger partial charge in [0.2, 0.25) is 5.89 Å². The highest BCUT2D eigenvalue weighted by Gasteiger charge is 2.12. The van der Waals surface area contributed by atoms with Crippen LogP contribution in [0.15, 0.2) is 52.9 Å². The first kappa shape index (κ1) is 21.1. The molecule has 0 amide bonds. The lowest BCUT2D eigenvalue weighted by atomic mass is 10.1. The lowest BCUT2D eigenvalue weighted by Gasteiger charge is -2.28. The third kappa shape index (κ3) is 5.94. The topological polar surface area (TPSA) is 38.5 Å². The fourth-order valence-electron chi connectivity index (χ4n) is 3.52. The Hall–Kier alpha value is -2.59. The average molecular weight is 393 g/mol. The average Bonchev–Trinajstić information content (AvgIpc) is 3.16. The third-order valence-electron chi connectivity index (χ3n) is 5.07. The van der Waals surface area contributed by atoms with Crippen molar-refractivity contribution in [1.29, 1.82) is 0 Å². The van der Waals surface area contributed by atoms with Gasteiger partial charge in [0.25, 0.3) is 0 Å². The summed E-state index contributed by atoms with van der Waals surface area (Å²) in [6.45, 7) is 9.79. The van der Waals surface area contributed by atoms with Gasteiger partial charge in [-0.25, -0.2) is 4.98 Å². The molecule has 1 atom stereocenters. The van der Waals surface area contributed by atoms with Crippen LogP contribution in [0.4, 0.5) is 0 Å². The SMILES string of the molecule is CCCN(CCC)C(C)CCOc1ccccc1/C=C/c1nc2ccccc2o1. The Morgan fingerprint density at radius 2 is 1.72 bits per heavy atom. The normalized spacial score (nSPS) is 12.8. The summed E-state index contributed by atoms with van der Waals surface area (Å²) in [7, 11) is 0. The molecule has 1 aromatic heterocycles. The first-order chi connectivity index (χ1) is 14.2. The maximum atomic E-state index is 6.13. The Labute approximate surface area is 174 Å². The smallest absolute Gasteiger partial charge is 0.220 e. The molecule has 29 heavy (non-hydrogen) atoms. The molecule has 0 aliphatic rings. The monoisotopic (exact) mass is 392 g/mol. The van der Waals surface area contributed by atoms with E-state index in [0.29, 0.717) is 18.5 Å². The summed E-state index contributed by atoms with van der Waals surface area (Å²) < 4.78 is 11.9. The highest BCUT2D eigenvalue weighted by Crippen LogP contribution is 2.22. The van der Waals surface area contributed by atoms with Crippen molar-refractivity contribution in [3.63, 3.8) is 0 Å². The molecular weight excluding hydrogens is 360 g/mol. The Morgan fingerprint density at radius 3 is 2.48 bits per heavy atom. The molecular formula is C25H32N2O2. The fourth-order valence-corrected chi connectivity index (χ4v) is 3.52. The lowest BCUT2D eigenvalue weighted by Crippen LogP contribution is -2.35. The van der Waals surface area contributed by atoms with Crippen LogP contribution in [0.5, 0.6) is 5.75 Å². The minimum Gasteiger partial charge on any atom is -0.493 e. The van der Waals surface area contributed by atoms with Crippen LogP contribution in [0.2, 0.25) is 0 Å². The van der Waals surface area contributed by atoms with E-state index in [1.165, 1.54) is 12.8 Å². The van der Waals surface area contributed by atoms with Gasteiger partial charge in [0.15, 0.2) is 5.58 Å². The van der Waals surface area contributed by atoms with Crippen molar-refractivity contribution in [2.45, 2.75) is 46.1 Å². The second-order valence-corrected chi connectivity index (χ2v) is 7.41. The van der Waals surface area contributed by atoms with Gasteiger partial charge in [-0.05, 0) is 63.6 Å². The summed E-state index contributed by atoms with van der Waals surface area (Å²) in [5, 5.41) is 0. The minimum atomic E-state index is 0.525. The standard InChI is InChI=1S/C25H32N2O2/c1-4-17-27(18-5-2)20(3)16-19-28-23-12-8-6-10-21(23)14-15-25-26-22-11-7-9-13-24(22)29-25/h6-15,20H,4-5,16-19H2,1-3H3/b15-14+. The number of fused-ring (bicyclic) bond motifs is 1. The Bertz CT molecular complexity index is 877. The molecule has 0 saturated carbocycles. The number of hydrogen-bond donors (Lipinski definition) is 0. The van der Waals surface area contributed by atoms with Crippen LogP contribution in [0, 0.1) is 0 Å². The molecule has 0 N–H and O–H groups in total. The van der Waals surface area contributed by atoms with E-state index in [-0.39, 0.29) is 0 Å². The number of rotatable bonds is 11. The van der Waals surface area contributed by atoms with E-state index >= 15 is 0 Å². The zero-order valence-corrected chi connectivity index (χ0v) is 17.8. The van der Waals surface area contributed by atoms with Gasteiger partial charge < -0.3 is 14.1 Å². The van der Waals surface area contributed by atoms with E-state index in [1.54, 1.807) is 0 Å². The number of aromatic nitrogens is 1. The van der Waals surface area contributed by atoms with E-state index < -0.39 is 0 Å². The molecule has 1 unspecified atom stereocenters. The van der Waals surface area contributed by atoms with Crippen LogP contribution < -0.4 is 4.74 Å². The minimum absolute atomic E-state index is 0.525. The number of benzene rings is 2. The second-order valence-electron chi connectivity index (χ2n) is 7.41. The van der Waals surface area contributed by atoms with Crippen molar-refractivity contribution in [2.75, 3.05) is 19.7 Å². The van der Waals surface area contributed by atoms with Gasteiger partial charge in [0.05, 0.1) is 6.61 Å². The van der Waals surface area contributed by atoms with E-state index in [2.05, 4.69) is 36.7 Å². The third-order valence-corrected chi connectivity index (χ3v) is 5.07. The van der Waals surface area contributed by atoms with Crippen molar-refractivity contribution in [3.8, 4) is 5.75 Å². The summed E-state index contributed by atoms with van der Waals surface area (Å²) in [4.78, 5) is 7.06. The summed E-state index contributed by atoms with van der Waals surface area (Å²) in [5.74, 6) is 1.49. The van der Waals surface area contributed by atoms with Crippen molar-refractivity contribution in [1.82, 2.24) is 9.88 Å². The first-order valence-electron chi connectivity index (χ1n) is 10.7. The maximum absolute atomic E-state index is 6.13. The van der Waals surface area contributed by atoms with E-state index in [4.69, 9.17) is 9.15 Å². The van der Waals surface area contributed by atoms with Crippen molar-refractivity contribution >= 4 is 23.3 Å². The van der Waals surface area contributed by atoms with E-state index in [1.807, 2.05) is 54.6 Å². The van der Waals surface area contributed by atoms with Crippen LogP contribution in [-0.4, -0.2) is 35.6 Å². The number of ether oxygens (including phenoxy) is 1. The molecule has 3 rings (SSSR count). The highest BCUT2D eigenvalue weighted by molar-refractivity contribution is 5.76. The largest absolute Gasteiger partial charge is 0.493 e. The molecule has 3 aromatic rings. The van der Waals surface area contributed by atoms with Gasteiger partial charge in [0.1, 0.15) is 11.3 Å². The van der Waals surface area contributed by atoms with Crippen LogP contribution in [0.3, 0.4) is 0 Å². The van der Waals surface area contributed by atoms with Gasteiger partial charge in [-0.15, -0.1) is 0 Å². The number of oxazole rings is 1. The Kier molecular flexibility index (Phi) is 7.88. The second kappa shape index (κ2) is 10.8. The van der Waals surface area contributed by atoms with Crippen LogP contribution >= 0.6 is 0 Å². The molecule has 0 bridgehead atoms. The number of hydrogen-bond acceptors (Lipinski definition) is 4. The molecule has 0 fully saturated rings. The number of para-hydroxylation sites is 3. The van der Waals surface area contributed by atoms with Crippen molar-refractivity contribution < 1.29 is 9.15 Å². The maximum Gasteiger partial charge on any atom is 0.220 e. The summed E-state index contributed by atoms with van der Waals surface area (Å²) in [6.07, 6.45) is 7.30. The van der Waals surface area contributed by atoms with Crippen molar-refractivity contribution in [2.24, 2.45) is 0 Å². The molecule has 4 heteroatoms. The molecule has 0 spiro atoms. The highest BCUT2D eigenvalue weighted by atomic mass is 16.5.